The van der Waals surface area contributed by atoms with Gasteiger partial charge in [0.15, 0.2) is 11.5 Å². The number of nitrogens with zero attached hydrogens (tertiary/aromatic N) is 1. The van der Waals surface area contributed by atoms with E-state index in [4.69, 9.17) is 14.6 Å². The third kappa shape index (κ3) is 4.36. The maximum absolute atomic E-state index is 8.77. The average molecular weight is 344 g/mol. The molecular formula is C15H22BrNO3. The van der Waals surface area contributed by atoms with Gasteiger partial charge >= 0.3 is 0 Å². The third-order valence-electron chi connectivity index (χ3n) is 3.35. The Morgan fingerprint density at radius 1 is 1.15 bits per heavy atom. The lowest BCUT2D eigenvalue weighted by atomic mass is 10.1. The van der Waals surface area contributed by atoms with Crippen LogP contribution in [-0.2, 0) is 6.54 Å². The zero-order valence-electron chi connectivity index (χ0n) is 11.9. The zero-order chi connectivity index (χ0) is 14.4. The molecule has 5 heteroatoms. The fourth-order valence-corrected chi connectivity index (χ4v) is 2.72. The van der Waals surface area contributed by atoms with Gasteiger partial charge in [-0.15, -0.1) is 0 Å². The van der Waals surface area contributed by atoms with E-state index in [9.17, 15) is 0 Å². The molecule has 0 unspecified atom stereocenters. The molecule has 0 saturated heterocycles. The molecule has 0 aromatic heterocycles. The molecule has 20 heavy (non-hydrogen) atoms. The summed E-state index contributed by atoms with van der Waals surface area (Å²) in [5.74, 6) is 1.65. The van der Waals surface area contributed by atoms with Crippen LogP contribution in [0.5, 0.6) is 11.5 Å². The number of ether oxygens (including phenoxy) is 2. The Balaban J connectivity index is 1.91. The molecule has 1 heterocycles. The van der Waals surface area contributed by atoms with Crippen LogP contribution in [0.3, 0.4) is 0 Å². The van der Waals surface area contributed by atoms with Gasteiger partial charge < -0.3 is 19.5 Å². The average Bonchev–Trinajstić information content (AvgIpc) is 2.44. The van der Waals surface area contributed by atoms with Crippen LogP contribution < -0.4 is 9.47 Å². The number of fused-ring (bicyclic) bond motifs is 1. The highest BCUT2D eigenvalue weighted by Gasteiger charge is 2.15. The number of hydrogen-bond acceptors (Lipinski definition) is 4. The lowest BCUT2D eigenvalue weighted by Gasteiger charge is -2.22. The summed E-state index contributed by atoms with van der Waals surface area (Å²) in [6.45, 7) is 3.42. The van der Waals surface area contributed by atoms with E-state index in [0.29, 0.717) is 13.2 Å². The van der Waals surface area contributed by atoms with Crippen molar-refractivity contribution < 1.29 is 14.6 Å². The number of unbranched alkanes of at least 4 members (excludes halogenated alkanes) is 2. The molecular weight excluding hydrogens is 322 g/mol. The van der Waals surface area contributed by atoms with Crippen LogP contribution >= 0.6 is 15.9 Å². The van der Waals surface area contributed by atoms with E-state index in [1.165, 1.54) is 5.56 Å². The first-order valence-corrected chi connectivity index (χ1v) is 7.87. The lowest BCUT2D eigenvalue weighted by molar-refractivity contribution is 0.171. The molecule has 0 bridgehead atoms. The molecule has 1 aliphatic heterocycles. The standard InChI is InChI=1S/C15H22BrNO3/c1-17(5-3-2-4-6-18)11-12-9-14-15(10-13(12)16)20-8-7-19-14/h9-10,18H,2-8,11H2,1H3. The second-order valence-electron chi connectivity index (χ2n) is 5.11. The number of rotatable bonds is 7. The molecule has 0 amide bonds. The summed E-state index contributed by atoms with van der Waals surface area (Å²) in [4.78, 5) is 2.29. The van der Waals surface area contributed by atoms with Crippen molar-refractivity contribution in [1.82, 2.24) is 4.90 Å². The molecule has 112 valence electrons. The van der Waals surface area contributed by atoms with E-state index in [1.807, 2.05) is 6.07 Å². The van der Waals surface area contributed by atoms with Crippen molar-refractivity contribution in [3.05, 3.63) is 22.2 Å². The number of hydrogen-bond donors (Lipinski definition) is 1. The molecule has 1 aromatic carbocycles. The second-order valence-corrected chi connectivity index (χ2v) is 5.96. The molecule has 0 fully saturated rings. The Hall–Kier alpha value is -0.780. The largest absolute Gasteiger partial charge is 0.486 e. The number of benzene rings is 1. The quantitative estimate of drug-likeness (QED) is 0.773. The van der Waals surface area contributed by atoms with Gasteiger partial charge in [-0.1, -0.05) is 15.9 Å². The Morgan fingerprint density at radius 3 is 2.55 bits per heavy atom. The first kappa shape index (κ1) is 15.6. The summed E-state index contributed by atoms with van der Waals surface area (Å²) >= 11 is 3.60. The Labute approximate surface area is 128 Å². The Kier molecular flexibility index (Phi) is 6.13. The Morgan fingerprint density at radius 2 is 1.85 bits per heavy atom. The van der Waals surface area contributed by atoms with Gasteiger partial charge in [-0.05, 0) is 50.6 Å². The number of aliphatic hydroxyl groups excluding tert-OH is 1. The van der Waals surface area contributed by atoms with Crippen molar-refractivity contribution in [3.63, 3.8) is 0 Å². The molecule has 0 atom stereocenters. The first-order valence-electron chi connectivity index (χ1n) is 7.08. The van der Waals surface area contributed by atoms with Crippen molar-refractivity contribution >= 4 is 15.9 Å². The van der Waals surface area contributed by atoms with E-state index in [-0.39, 0.29) is 6.61 Å². The van der Waals surface area contributed by atoms with E-state index in [1.54, 1.807) is 0 Å². The summed E-state index contributed by atoms with van der Waals surface area (Å²) in [7, 11) is 2.11. The van der Waals surface area contributed by atoms with E-state index >= 15 is 0 Å². The van der Waals surface area contributed by atoms with Crippen molar-refractivity contribution in [2.45, 2.75) is 25.8 Å². The van der Waals surface area contributed by atoms with Crippen LogP contribution in [-0.4, -0.2) is 43.4 Å². The predicted octanol–water partition coefficient (Wildman–Crippen LogP) is 2.81. The van der Waals surface area contributed by atoms with Crippen LogP contribution in [0.1, 0.15) is 24.8 Å². The van der Waals surface area contributed by atoms with Crippen LogP contribution in [0.25, 0.3) is 0 Å². The molecule has 0 spiro atoms. The highest BCUT2D eigenvalue weighted by atomic mass is 79.9. The molecule has 2 rings (SSSR count). The first-order chi connectivity index (χ1) is 9.70. The van der Waals surface area contributed by atoms with Crippen molar-refractivity contribution in [3.8, 4) is 11.5 Å². The Bertz CT molecular complexity index is 439. The summed E-state index contributed by atoms with van der Waals surface area (Å²) < 4.78 is 12.2. The van der Waals surface area contributed by atoms with Crippen LogP contribution in [0.4, 0.5) is 0 Å². The van der Waals surface area contributed by atoms with Crippen molar-refractivity contribution in [1.29, 1.82) is 0 Å². The van der Waals surface area contributed by atoms with E-state index in [0.717, 1.165) is 48.3 Å². The smallest absolute Gasteiger partial charge is 0.162 e. The lowest BCUT2D eigenvalue weighted by Crippen LogP contribution is -2.20. The molecule has 0 aliphatic carbocycles. The summed E-state index contributed by atoms with van der Waals surface area (Å²) in [5.41, 5.74) is 1.21. The van der Waals surface area contributed by atoms with E-state index < -0.39 is 0 Å². The zero-order valence-corrected chi connectivity index (χ0v) is 13.5. The minimum atomic E-state index is 0.289. The number of halogens is 1. The summed E-state index contributed by atoms with van der Waals surface area (Å²) in [5, 5.41) is 8.77. The summed E-state index contributed by atoms with van der Waals surface area (Å²) in [6, 6.07) is 4.05. The molecule has 0 radical (unpaired) electrons. The molecule has 4 nitrogen and oxygen atoms in total. The second kappa shape index (κ2) is 7.86. The van der Waals surface area contributed by atoms with Gasteiger partial charge in [-0.3, -0.25) is 0 Å². The fourth-order valence-electron chi connectivity index (χ4n) is 2.27. The van der Waals surface area contributed by atoms with Gasteiger partial charge in [0, 0.05) is 17.6 Å². The topological polar surface area (TPSA) is 41.9 Å². The van der Waals surface area contributed by atoms with E-state index in [2.05, 4.69) is 33.9 Å². The normalized spacial score (nSPS) is 13.8. The van der Waals surface area contributed by atoms with Gasteiger partial charge in [0.1, 0.15) is 13.2 Å². The van der Waals surface area contributed by atoms with Gasteiger partial charge in [-0.25, -0.2) is 0 Å². The highest BCUT2D eigenvalue weighted by molar-refractivity contribution is 9.10. The molecule has 0 saturated carbocycles. The third-order valence-corrected chi connectivity index (χ3v) is 4.09. The fraction of sp³-hybridized carbons (Fsp3) is 0.600. The van der Waals surface area contributed by atoms with Crippen LogP contribution in [0.2, 0.25) is 0 Å². The van der Waals surface area contributed by atoms with Crippen LogP contribution in [0.15, 0.2) is 16.6 Å². The van der Waals surface area contributed by atoms with Crippen molar-refractivity contribution in [2.75, 3.05) is 33.4 Å². The molecule has 1 aliphatic rings. The van der Waals surface area contributed by atoms with Gasteiger partial charge in [0.05, 0.1) is 0 Å². The van der Waals surface area contributed by atoms with Gasteiger partial charge in [0.2, 0.25) is 0 Å². The monoisotopic (exact) mass is 343 g/mol. The SMILES string of the molecule is CN(CCCCCO)Cc1cc2c(cc1Br)OCCO2. The van der Waals surface area contributed by atoms with Gasteiger partial charge in [-0.2, -0.15) is 0 Å². The van der Waals surface area contributed by atoms with Crippen LogP contribution in [0, 0.1) is 0 Å². The molecule has 1 N–H and O–H groups in total. The minimum absolute atomic E-state index is 0.289. The highest BCUT2D eigenvalue weighted by Crippen LogP contribution is 2.35. The summed E-state index contributed by atoms with van der Waals surface area (Å²) in [6.07, 6.45) is 3.07. The van der Waals surface area contributed by atoms with Crippen molar-refractivity contribution in [2.24, 2.45) is 0 Å². The number of aliphatic hydroxyl groups is 1. The maximum atomic E-state index is 8.77. The predicted molar refractivity (Wildman–Crippen MR) is 82.4 cm³/mol. The van der Waals surface area contributed by atoms with Gasteiger partial charge in [0.25, 0.3) is 0 Å². The molecule has 1 aromatic rings. The maximum Gasteiger partial charge on any atom is 0.162 e. The minimum Gasteiger partial charge on any atom is -0.486 e.